The van der Waals surface area contributed by atoms with Crippen molar-refractivity contribution in [1.29, 1.82) is 0 Å². The molecule has 1 aliphatic heterocycles. The minimum atomic E-state index is -0.567. The molecular formula is C15H26N2O3. The Morgan fingerprint density at radius 2 is 1.90 bits per heavy atom. The van der Waals surface area contributed by atoms with Gasteiger partial charge in [-0.2, -0.15) is 0 Å². The minimum absolute atomic E-state index is 0.0147. The minimum Gasteiger partial charge on any atom is -0.444 e. The summed E-state index contributed by atoms with van der Waals surface area (Å²) in [6.07, 6.45) is 4.36. The molecule has 20 heavy (non-hydrogen) atoms. The van der Waals surface area contributed by atoms with Crippen molar-refractivity contribution in [3.05, 3.63) is 12.2 Å². The highest BCUT2D eigenvalue weighted by molar-refractivity contribution is 5.86. The maximum Gasteiger partial charge on any atom is 0.408 e. The van der Waals surface area contributed by atoms with Gasteiger partial charge in [0.15, 0.2) is 0 Å². The lowest BCUT2D eigenvalue weighted by Gasteiger charge is -2.31. The molecule has 1 aliphatic rings. The molecule has 0 radical (unpaired) electrons. The van der Waals surface area contributed by atoms with Crippen LogP contribution >= 0.6 is 0 Å². The van der Waals surface area contributed by atoms with Crippen molar-refractivity contribution in [3.63, 3.8) is 0 Å². The van der Waals surface area contributed by atoms with E-state index >= 15 is 0 Å². The van der Waals surface area contributed by atoms with E-state index in [-0.39, 0.29) is 11.8 Å². The number of ether oxygens (including phenoxy) is 1. The summed E-state index contributed by atoms with van der Waals surface area (Å²) in [5.74, 6) is -0.0314. The topological polar surface area (TPSA) is 58.6 Å². The lowest BCUT2D eigenvalue weighted by atomic mass is 10.0. The van der Waals surface area contributed by atoms with E-state index in [0.717, 1.165) is 6.42 Å². The van der Waals surface area contributed by atoms with Crippen LogP contribution in [0.15, 0.2) is 12.2 Å². The SMILES string of the molecule is CC(C)[C@H](NC(=O)OC(C)(C)C)C(=O)N1CC=CCC1. The van der Waals surface area contributed by atoms with Gasteiger partial charge in [0.1, 0.15) is 11.6 Å². The molecule has 0 aromatic heterocycles. The van der Waals surface area contributed by atoms with Crippen LogP contribution in [0.25, 0.3) is 0 Å². The Morgan fingerprint density at radius 1 is 1.25 bits per heavy atom. The van der Waals surface area contributed by atoms with Crippen LogP contribution in [-0.2, 0) is 9.53 Å². The smallest absolute Gasteiger partial charge is 0.408 e. The maximum absolute atomic E-state index is 12.5. The zero-order chi connectivity index (χ0) is 15.3. The number of alkyl carbamates (subject to hydrolysis) is 1. The first-order valence-electron chi connectivity index (χ1n) is 7.14. The van der Waals surface area contributed by atoms with E-state index in [4.69, 9.17) is 4.74 Å². The zero-order valence-electron chi connectivity index (χ0n) is 13.1. The Morgan fingerprint density at radius 3 is 2.35 bits per heavy atom. The molecule has 114 valence electrons. The van der Waals surface area contributed by atoms with Crippen molar-refractivity contribution in [2.45, 2.75) is 52.7 Å². The molecule has 0 unspecified atom stereocenters. The highest BCUT2D eigenvalue weighted by Gasteiger charge is 2.30. The Kier molecular flexibility index (Phi) is 5.60. The van der Waals surface area contributed by atoms with Crippen LogP contribution < -0.4 is 5.32 Å². The van der Waals surface area contributed by atoms with Crippen LogP contribution in [0.3, 0.4) is 0 Å². The Hall–Kier alpha value is -1.52. The first-order chi connectivity index (χ1) is 9.20. The molecule has 0 saturated heterocycles. The van der Waals surface area contributed by atoms with Crippen LogP contribution in [0.1, 0.15) is 41.0 Å². The molecule has 0 aromatic carbocycles. The van der Waals surface area contributed by atoms with Gasteiger partial charge in [-0.25, -0.2) is 4.79 Å². The van der Waals surface area contributed by atoms with E-state index < -0.39 is 17.7 Å². The number of hydrogen-bond acceptors (Lipinski definition) is 3. The van der Waals surface area contributed by atoms with Crippen LogP contribution in [0.4, 0.5) is 4.79 Å². The fourth-order valence-corrected chi connectivity index (χ4v) is 1.99. The normalized spacial score (nSPS) is 17.0. The lowest BCUT2D eigenvalue weighted by molar-refractivity contribution is -0.134. The van der Waals surface area contributed by atoms with Crippen LogP contribution in [-0.4, -0.2) is 41.6 Å². The summed E-state index contributed by atoms with van der Waals surface area (Å²) >= 11 is 0. The van der Waals surface area contributed by atoms with Gasteiger partial charge in [0.25, 0.3) is 0 Å². The van der Waals surface area contributed by atoms with E-state index in [9.17, 15) is 9.59 Å². The summed E-state index contributed by atoms with van der Waals surface area (Å²) in [5, 5.41) is 2.69. The summed E-state index contributed by atoms with van der Waals surface area (Å²) < 4.78 is 5.22. The van der Waals surface area contributed by atoms with Crippen molar-refractivity contribution in [2.75, 3.05) is 13.1 Å². The number of carbonyl (C=O) groups is 2. The summed E-state index contributed by atoms with van der Waals surface area (Å²) in [4.78, 5) is 26.1. The van der Waals surface area contributed by atoms with Crippen molar-refractivity contribution in [1.82, 2.24) is 10.2 Å². The number of amides is 2. The van der Waals surface area contributed by atoms with Crippen molar-refractivity contribution >= 4 is 12.0 Å². The van der Waals surface area contributed by atoms with Gasteiger partial charge < -0.3 is 15.0 Å². The molecule has 1 atom stereocenters. The molecule has 0 spiro atoms. The van der Waals surface area contributed by atoms with Gasteiger partial charge in [0.05, 0.1) is 0 Å². The molecular weight excluding hydrogens is 256 g/mol. The number of carbonyl (C=O) groups excluding carboxylic acids is 2. The molecule has 1 rings (SSSR count). The second-order valence-electron chi connectivity index (χ2n) is 6.41. The molecule has 1 heterocycles. The van der Waals surface area contributed by atoms with E-state index in [1.165, 1.54) is 0 Å². The van der Waals surface area contributed by atoms with Gasteiger partial charge in [0.2, 0.25) is 5.91 Å². The second kappa shape index (κ2) is 6.77. The molecule has 2 amide bonds. The second-order valence-corrected chi connectivity index (χ2v) is 6.41. The summed E-state index contributed by atoms with van der Waals surface area (Å²) in [7, 11) is 0. The van der Waals surface area contributed by atoms with E-state index in [2.05, 4.69) is 11.4 Å². The molecule has 0 bridgehead atoms. The Labute approximate surface area is 121 Å². The highest BCUT2D eigenvalue weighted by Crippen LogP contribution is 2.12. The van der Waals surface area contributed by atoms with E-state index in [0.29, 0.717) is 13.1 Å². The summed E-state index contributed by atoms with van der Waals surface area (Å²) in [6.45, 7) is 10.5. The van der Waals surface area contributed by atoms with Gasteiger partial charge in [-0.3, -0.25) is 4.79 Å². The Bertz CT molecular complexity index is 383. The largest absolute Gasteiger partial charge is 0.444 e. The average molecular weight is 282 g/mol. The van der Waals surface area contributed by atoms with Crippen LogP contribution in [0, 0.1) is 5.92 Å². The molecule has 0 aromatic rings. The molecule has 0 fully saturated rings. The third kappa shape index (κ3) is 5.23. The number of nitrogens with zero attached hydrogens (tertiary/aromatic N) is 1. The van der Waals surface area contributed by atoms with E-state index in [1.807, 2.05) is 19.9 Å². The van der Waals surface area contributed by atoms with Gasteiger partial charge >= 0.3 is 6.09 Å². The fourth-order valence-electron chi connectivity index (χ4n) is 1.99. The quantitative estimate of drug-likeness (QED) is 0.808. The molecule has 1 N–H and O–H groups in total. The fraction of sp³-hybridized carbons (Fsp3) is 0.733. The van der Waals surface area contributed by atoms with Crippen molar-refractivity contribution in [2.24, 2.45) is 5.92 Å². The third-order valence-corrected chi connectivity index (χ3v) is 2.97. The van der Waals surface area contributed by atoms with Gasteiger partial charge in [-0.15, -0.1) is 0 Å². The standard InChI is InChI=1S/C15H26N2O3/c1-11(2)12(16-14(19)20-15(3,4)5)13(18)17-9-7-6-8-10-17/h6-7,11-12H,8-10H2,1-5H3,(H,16,19)/t12-/m0/s1. The van der Waals surface area contributed by atoms with Crippen LogP contribution in [0.2, 0.25) is 0 Å². The third-order valence-electron chi connectivity index (χ3n) is 2.97. The van der Waals surface area contributed by atoms with Crippen molar-refractivity contribution < 1.29 is 14.3 Å². The first kappa shape index (κ1) is 16.5. The summed E-state index contributed by atoms with van der Waals surface area (Å²) in [6, 6.07) is -0.545. The first-order valence-corrected chi connectivity index (χ1v) is 7.14. The molecule has 5 heteroatoms. The van der Waals surface area contributed by atoms with Gasteiger partial charge in [-0.1, -0.05) is 26.0 Å². The predicted molar refractivity (Wildman–Crippen MR) is 78.3 cm³/mol. The molecule has 0 aliphatic carbocycles. The maximum atomic E-state index is 12.5. The predicted octanol–water partition coefficient (Wildman–Crippen LogP) is 2.32. The summed E-state index contributed by atoms with van der Waals surface area (Å²) in [5.41, 5.74) is -0.567. The molecule has 0 saturated carbocycles. The number of nitrogens with one attached hydrogen (secondary N) is 1. The van der Waals surface area contributed by atoms with Crippen LogP contribution in [0.5, 0.6) is 0 Å². The van der Waals surface area contributed by atoms with E-state index in [1.54, 1.807) is 25.7 Å². The number of rotatable bonds is 3. The zero-order valence-corrected chi connectivity index (χ0v) is 13.1. The average Bonchev–Trinajstić information content (AvgIpc) is 2.34. The number of hydrogen-bond donors (Lipinski definition) is 1. The van der Waals surface area contributed by atoms with Crippen molar-refractivity contribution in [3.8, 4) is 0 Å². The highest BCUT2D eigenvalue weighted by atomic mass is 16.6. The van der Waals surface area contributed by atoms with Gasteiger partial charge in [0, 0.05) is 13.1 Å². The van der Waals surface area contributed by atoms with Gasteiger partial charge in [-0.05, 0) is 33.1 Å². The Balaban J connectivity index is 2.66. The lowest BCUT2D eigenvalue weighted by Crippen LogP contribution is -2.52. The molecule has 5 nitrogen and oxygen atoms in total. The monoisotopic (exact) mass is 282 g/mol.